The van der Waals surface area contributed by atoms with E-state index in [0.717, 1.165) is 17.0 Å². The summed E-state index contributed by atoms with van der Waals surface area (Å²) in [7, 11) is 0. The zero-order valence-electron chi connectivity index (χ0n) is 22.6. The minimum absolute atomic E-state index is 0.0264. The van der Waals surface area contributed by atoms with Crippen LogP contribution in [0.2, 0.25) is 0 Å². The number of carbonyl (C=O) groups excluding carboxylic acids is 1. The van der Waals surface area contributed by atoms with Gasteiger partial charge in [-0.2, -0.15) is 39.5 Å². The largest absolute Gasteiger partial charge is 0.416 e. The van der Waals surface area contributed by atoms with Gasteiger partial charge in [-0.25, -0.2) is 8.78 Å². The van der Waals surface area contributed by atoms with Gasteiger partial charge in [0, 0.05) is 70.3 Å². The molecule has 2 aliphatic heterocycles. The number of piperazine rings is 1. The third-order valence-electron chi connectivity index (χ3n) is 7.73. The topological polar surface area (TPSA) is 26.8 Å². The molecule has 43 heavy (non-hydrogen) atoms. The van der Waals surface area contributed by atoms with Crippen molar-refractivity contribution in [2.75, 3.05) is 45.8 Å². The highest BCUT2D eigenvalue weighted by Crippen LogP contribution is 2.37. The van der Waals surface area contributed by atoms with Crippen molar-refractivity contribution in [2.24, 2.45) is 0 Å². The molecule has 2 aliphatic rings. The van der Waals surface area contributed by atoms with Crippen molar-refractivity contribution in [3.05, 3.63) is 70.3 Å². The summed E-state index contributed by atoms with van der Waals surface area (Å²) in [5.74, 6) is -3.81. The molecule has 2 aromatic carbocycles. The van der Waals surface area contributed by atoms with E-state index in [1.165, 1.54) is 12.1 Å². The Morgan fingerprint density at radius 1 is 0.698 bits per heavy atom. The second-order valence-corrected chi connectivity index (χ2v) is 10.8. The van der Waals surface area contributed by atoms with E-state index in [1.807, 2.05) is 9.80 Å². The third kappa shape index (κ3) is 8.58. The van der Waals surface area contributed by atoms with Gasteiger partial charge in [0.2, 0.25) is 0 Å². The lowest BCUT2D eigenvalue weighted by Crippen LogP contribution is -2.57. The number of halogens is 11. The van der Waals surface area contributed by atoms with Crippen molar-refractivity contribution < 1.29 is 53.1 Å². The van der Waals surface area contributed by atoms with Crippen molar-refractivity contribution in [3.8, 4) is 0 Å². The summed E-state index contributed by atoms with van der Waals surface area (Å²) in [5, 5.41) is 0. The van der Waals surface area contributed by atoms with Crippen LogP contribution < -0.4 is 0 Å². The van der Waals surface area contributed by atoms with E-state index in [9.17, 15) is 53.1 Å². The minimum Gasteiger partial charge on any atom is -0.333 e. The van der Waals surface area contributed by atoms with E-state index in [0.29, 0.717) is 30.8 Å². The maximum absolute atomic E-state index is 13.5. The van der Waals surface area contributed by atoms with Crippen LogP contribution in [0.15, 0.2) is 42.5 Å². The number of alkyl halides is 11. The quantitative estimate of drug-likeness (QED) is 0.327. The summed E-state index contributed by atoms with van der Waals surface area (Å²) in [5.41, 5.74) is -4.64. The van der Waals surface area contributed by atoms with E-state index >= 15 is 0 Å². The van der Waals surface area contributed by atoms with E-state index < -0.39 is 58.7 Å². The van der Waals surface area contributed by atoms with Gasteiger partial charge < -0.3 is 9.80 Å². The highest BCUT2D eigenvalue weighted by Gasteiger charge is 2.40. The third-order valence-corrected chi connectivity index (χ3v) is 7.73. The van der Waals surface area contributed by atoms with Crippen LogP contribution in [-0.4, -0.2) is 78.4 Å². The highest BCUT2D eigenvalue weighted by atomic mass is 19.4. The van der Waals surface area contributed by atoms with Gasteiger partial charge in [0.1, 0.15) is 0 Å². The lowest BCUT2D eigenvalue weighted by Gasteiger charge is -2.42. The number of nitrogens with zero attached hydrogens (tertiary/aromatic N) is 3. The summed E-state index contributed by atoms with van der Waals surface area (Å²) >= 11 is 0. The predicted octanol–water partition coefficient (Wildman–Crippen LogP) is 6.84. The van der Waals surface area contributed by atoms with E-state index in [-0.39, 0.29) is 58.1 Å². The molecule has 0 radical (unpaired) electrons. The smallest absolute Gasteiger partial charge is 0.333 e. The summed E-state index contributed by atoms with van der Waals surface area (Å²) < 4.78 is 147. The molecule has 1 amide bonds. The van der Waals surface area contributed by atoms with Crippen LogP contribution in [0.1, 0.15) is 45.5 Å². The SMILES string of the molecule is O=C(c1cc(C(F)(F)F)cc(C(F)(F)F)c1)N1CCN(CCN2CCC(F)(F)CC2)C[C@H]1Cc1ccc(C(F)(F)F)cc1. The van der Waals surface area contributed by atoms with Gasteiger partial charge in [0.15, 0.2) is 0 Å². The van der Waals surface area contributed by atoms with Gasteiger partial charge in [0.05, 0.1) is 16.7 Å². The monoisotopic (exact) mass is 631 g/mol. The van der Waals surface area contributed by atoms with Crippen LogP contribution in [-0.2, 0) is 24.9 Å². The molecule has 4 nitrogen and oxygen atoms in total. The molecule has 2 aromatic rings. The highest BCUT2D eigenvalue weighted by molar-refractivity contribution is 5.95. The van der Waals surface area contributed by atoms with Crippen LogP contribution in [0.3, 0.4) is 0 Å². The van der Waals surface area contributed by atoms with Crippen LogP contribution >= 0.6 is 0 Å². The number of piperidine rings is 1. The van der Waals surface area contributed by atoms with Crippen molar-refractivity contribution in [1.29, 1.82) is 0 Å². The predicted molar refractivity (Wildman–Crippen MR) is 133 cm³/mol. The molecule has 1 atom stereocenters. The Bertz CT molecular complexity index is 1230. The lowest BCUT2D eigenvalue weighted by molar-refractivity contribution is -0.143. The minimum atomic E-state index is -5.16. The van der Waals surface area contributed by atoms with Gasteiger partial charge in [-0.3, -0.25) is 9.69 Å². The summed E-state index contributed by atoms with van der Waals surface area (Å²) in [6.45, 7) is 1.39. The summed E-state index contributed by atoms with van der Waals surface area (Å²) in [6.07, 6.45) is -15.5. The maximum Gasteiger partial charge on any atom is 0.416 e. The van der Waals surface area contributed by atoms with E-state index in [4.69, 9.17) is 0 Å². The summed E-state index contributed by atoms with van der Waals surface area (Å²) in [4.78, 5) is 18.3. The molecule has 0 unspecified atom stereocenters. The first-order chi connectivity index (χ1) is 19.8. The number of benzene rings is 2. The number of amides is 1. The molecule has 0 spiro atoms. The van der Waals surface area contributed by atoms with Gasteiger partial charge in [-0.1, -0.05) is 12.1 Å². The Kier molecular flexibility index (Phi) is 9.36. The van der Waals surface area contributed by atoms with Crippen LogP contribution in [0, 0.1) is 0 Å². The maximum atomic E-state index is 13.5. The standard InChI is InChI=1S/C28H28F11N3O/c29-25(30)5-7-40(8-6-25)9-10-41-11-12-42(23(17-41)13-18-1-3-20(4-2-18)26(31,32)33)24(43)19-14-21(27(34,35)36)16-22(15-19)28(37,38)39/h1-4,14-16,23H,5-13,17H2/t23-/m1/s1. The molecular formula is C28H28F11N3O. The zero-order chi connectivity index (χ0) is 31.8. The van der Waals surface area contributed by atoms with Gasteiger partial charge in [-0.05, 0) is 42.3 Å². The first-order valence-electron chi connectivity index (χ1n) is 13.4. The average molecular weight is 632 g/mol. The molecule has 2 saturated heterocycles. The van der Waals surface area contributed by atoms with Crippen molar-refractivity contribution in [2.45, 2.75) is 49.8 Å². The van der Waals surface area contributed by atoms with Crippen LogP contribution in [0.4, 0.5) is 48.3 Å². The number of hydrogen-bond donors (Lipinski definition) is 0. The molecule has 238 valence electrons. The zero-order valence-corrected chi connectivity index (χ0v) is 22.6. The molecule has 0 N–H and O–H groups in total. The first-order valence-corrected chi connectivity index (χ1v) is 13.4. The molecule has 2 heterocycles. The second-order valence-electron chi connectivity index (χ2n) is 10.8. The normalized spacial score (nSPS) is 20.8. The second kappa shape index (κ2) is 12.2. The fourth-order valence-corrected chi connectivity index (χ4v) is 5.30. The average Bonchev–Trinajstić information content (AvgIpc) is 2.91. The van der Waals surface area contributed by atoms with Gasteiger partial charge in [0.25, 0.3) is 11.8 Å². The number of likely N-dealkylation sites (tertiary alicyclic amines) is 1. The number of rotatable bonds is 6. The molecule has 15 heteroatoms. The molecule has 0 saturated carbocycles. The number of carbonyl (C=O) groups is 1. The molecular weight excluding hydrogens is 603 g/mol. The van der Waals surface area contributed by atoms with Crippen molar-refractivity contribution in [1.82, 2.24) is 14.7 Å². The Balaban J connectivity index is 1.57. The van der Waals surface area contributed by atoms with Gasteiger partial charge in [-0.15, -0.1) is 0 Å². The molecule has 0 aromatic heterocycles. The Hall–Kier alpha value is -2.94. The van der Waals surface area contributed by atoms with Crippen molar-refractivity contribution in [3.63, 3.8) is 0 Å². The summed E-state index contributed by atoms with van der Waals surface area (Å²) in [6, 6.07) is 3.90. The molecule has 4 rings (SSSR count). The van der Waals surface area contributed by atoms with E-state index in [2.05, 4.69) is 0 Å². The Labute approximate surface area is 240 Å². The van der Waals surface area contributed by atoms with Gasteiger partial charge >= 0.3 is 18.5 Å². The molecule has 2 fully saturated rings. The van der Waals surface area contributed by atoms with Crippen LogP contribution in [0.5, 0.6) is 0 Å². The van der Waals surface area contributed by atoms with E-state index in [1.54, 1.807) is 0 Å². The fourth-order valence-electron chi connectivity index (χ4n) is 5.30. The van der Waals surface area contributed by atoms with Crippen LogP contribution in [0.25, 0.3) is 0 Å². The molecule has 0 aliphatic carbocycles. The Morgan fingerprint density at radius 3 is 1.72 bits per heavy atom. The first kappa shape index (κ1) is 33.0. The lowest BCUT2D eigenvalue weighted by atomic mass is 9.98. The van der Waals surface area contributed by atoms with Crippen molar-refractivity contribution >= 4 is 5.91 Å². The molecule has 0 bridgehead atoms. The number of hydrogen-bond acceptors (Lipinski definition) is 3. The Morgan fingerprint density at radius 2 is 1.21 bits per heavy atom. The fraction of sp³-hybridized carbons (Fsp3) is 0.536.